The van der Waals surface area contributed by atoms with Gasteiger partial charge in [0.05, 0.1) is 0 Å². The third kappa shape index (κ3) is 4.09. The number of hydrogen-bond donors (Lipinski definition) is 1. The second kappa shape index (κ2) is 7.88. The lowest BCUT2D eigenvalue weighted by atomic mass is 9.96. The lowest BCUT2D eigenvalue weighted by molar-refractivity contribution is 0.0779. The van der Waals surface area contributed by atoms with Gasteiger partial charge < -0.3 is 14.9 Å². The van der Waals surface area contributed by atoms with Crippen molar-refractivity contribution in [1.29, 1.82) is 0 Å². The minimum absolute atomic E-state index is 0.0595. The Hall–Kier alpha value is -1.46. The highest BCUT2D eigenvalue weighted by molar-refractivity contribution is 5.94. The molecule has 5 nitrogen and oxygen atoms in total. The molecule has 2 aliphatic heterocycles. The van der Waals surface area contributed by atoms with Crippen LogP contribution in [-0.4, -0.2) is 65.1 Å². The van der Waals surface area contributed by atoms with Crippen LogP contribution in [0.3, 0.4) is 0 Å². The minimum atomic E-state index is 0.0595. The third-order valence-electron chi connectivity index (χ3n) is 5.22. The molecule has 2 fully saturated rings. The van der Waals surface area contributed by atoms with Crippen LogP contribution in [0.1, 0.15) is 36.0 Å². The Labute approximate surface area is 138 Å². The molecule has 5 heteroatoms. The van der Waals surface area contributed by atoms with E-state index in [1.807, 2.05) is 4.90 Å². The zero-order chi connectivity index (χ0) is 16.1. The third-order valence-corrected chi connectivity index (χ3v) is 5.22. The molecule has 0 saturated carbocycles. The fraction of sp³-hybridized carbons (Fsp3) is 0.667. The van der Waals surface area contributed by atoms with Crippen LogP contribution in [0.2, 0.25) is 0 Å². The van der Waals surface area contributed by atoms with E-state index in [1.165, 1.54) is 25.7 Å². The molecule has 1 N–H and O–H groups in total. The highest BCUT2D eigenvalue weighted by Crippen LogP contribution is 2.26. The van der Waals surface area contributed by atoms with Crippen molar-refractivity contribution in [2.75, 3.05) is 39.3 Å². The molecule has 0 aromatic carbocycles. The summed E-state index contributed by atoms with van der Waals surface area (Å²) in [4.78, 5) is 21.0. The maximum atomic E-state index is 12.6. The SMILES string of the molecule is O=C(c1ccncc1)N1CC(CO)C(CN2CCCCCC2)C1. The Morgan fingerprint density at radius 2 is 1.74 bits per heavy atom. The molecule has 23 heavy (non-hydrogen) atoms. The van der Waals surface area contributed by atoms with Gasteiger partial charge >= 0.3 is 0 Å². The number of rotatable bonds is 4. The number of hydrogen-bond acceptors (Lipinski definition) is 4. The first kappa shape index (κ1) is 16.4. The molecule has 0 radical (unpaired) electrons. The first-order valence-electron chi connectivity index (χ1n) is 8.80. The van der Waals surface area contributed by atoms with Gasteiger partial charge in [-0.3, -0.25) is 9.78 Å². The van der Waals surface area contributed by atoms with Gasteiger partial charge in [-0.25, -0.2) is 0 Å². The predicted octanol–water partition coefficient (Wildman–Crippen LogP) is 1.64. The molecule has 1 aromatic heterocycles. The Morgan fingerprint density at radius 3 is 2.39 bits per heavy atom. The minimum Gasteiger partial charge on any atom is -0.396 e. The van der Waals surface area contributed by atoms with E-state index in [-0.39, 0.29) is 18.4 Å². The van der Waals surface area contributed by atoms with Crippen molar-refractivity contribution >= 4 is 5.91 Å². The van der Waals surface area contributed by atoms with Gasteiger partial charge in [0.2, 0.25) is 0 Å². The first-order valence-corrected chi connectivity index (χ1v) is 8.80. The topological polar surface area (TPSA) is 56.7 Å². The molecule has 1 aromatic rings. The summed E-state index contributed by atoms with van der Waals surface area (Å²) in [5.41, 5.74) is 0.687. The summed E-state index contributed by atoms with van der Waals surface area (Å²) in [6, 6.07) is 3.52. The molecule has 2 aliphatic rings. The van der Waals surface area contributed by atoms with E-state index in [4.69, 9.17) is 0 Å². The second-order valence-corrected chi connectivity index (χ2v) is 6.86. The average Bonchev–Trinajstić information content (AvgIpc) is 2.82. The molecule has 3 rings (SSSR count). The summed E-state index contributed by atoms with van der Waals surface area (Å²) in [6.45, 7) is 4.91. The van der Waals surface area contributed by atoms with E-state index in [2.05, 4.69) is 9.88 Å². The molecule has 0 spiro atoms. The van der Waals surface area contributed by atoms with E-state index in [1.54, 1.807) is 24.5 Å². The van der Waals surface area contributed by atoms with E-state index in [0.29, 0.717) is 18.0 Å². The molecule has 2 atom stereocenters. The Bertz CT molecular complexity index is 500. The molecular formula is C18H27N3O2. The molecule has 126 valence electrons. The van der Waals surface area contributed by atoms with Crippen LogP contribution in [0.4, 0.5) is 0 Å². The number of aliphatic hydroxyl groups excluding tert-OH is 1. The number of likely N-dealkylation sites (tertiary alicyclic amines) is 2. The van der Waals surface area contributed by atoms with Gasteiger partial charge in [0.15, 0.2) is 0 Å². The summed E-state index contributed by atoms with van der Waals surface area (Å²) in [5.74, 6) is 0.636. The predicted molar refractivity (Wildman–Crippen MR) is 89.1 cm³/mol. The van der Waals surface area contributed by atoms with E-state index >= 15 is 0 Å². The first-order chi connectivity index (χ1) is 11.3. The Balaban J connectivity index is 1.62. The maximum absolute atomic E-state index is 12.6. The van der Waals surface area contributed by atoms with Crippen molar-refractivity contribution < 1.29 is 9.90 Å². The summed E-state index contributed by atoms with van der Waals surface area (Å²) in [5, 5.41) is 9.73. The number of aromatic nitrogens is 1. The molecule has 3 heterocycles. The number of nitrogens with zero attached hydrogens (tertiary/aromatic N) is 3. The van der Waals surface area contributed by atoms with Crippen LogP contribution >= 0.6 is 0 Å². The summed E-state index contributed by atoms with van der Waals surface area (Å²) >= 11 is 0. The number of pyridine rings is 1. The number of amides is 1. The number of aliphatic hydroxyl groups is 1. The van der Waals surface area contributed by atoms with Crippen molar-refractivity contribution in [1.82, 2.24) is 14.8 Å². The lowest BCUT2D eigenvalue weighted by Gasteiger charge is -2.26. The van der Waals surface area contributed by atoms with Crippen LogP contribution in [0, 0.1) is 11.8 Å². The molecular weight excluding hydrogens is 290 g/mol. The van der Waals surface area contributed by atoms with Gasteiger partial charge in [0.25, 0.3) is 5.91 Å². The molecule has 0 aliphatic carbocycles. The average molecular weight is 317 g/mol. The van der Waals surface area contributed by atoms with Crippen LogP contribution in [0.15, 0.2) is 24.5 Å². The van der Waals surface area contributed by atoms with Crippen molar-refractivity contribution in [2.45, 2.75) is 25.7 Å². The summed E-state index contributed by atoms with van der Waals surface area (Å²) < 4.78 is 0. The van der Waals surface area contributed by atoms with E-state index in [9.17, 15) is 9.90 Å². The monoisotopic (exact) mass is 317 g/mol. The highest BCUT2D eigenvalue weighted by Gasteiger charge is 2.36. The second-order valence-electron chi connectivity index (χ2n) is 6.86. The Morgan fingerprint density at radius 1 is 1.09 bits per heavy atom. The van der Waals surface area contributed by atoms with Gasteiger partial charge in [-0.15, -0.1) is 0 Å². The van der Waals surface area contributed by atoms with E-state index in [0.717, 1.165) is 26.2 Å². The normalized spacial score (nSPS) is 26.2. The number of carbonyl (C=O) groups excluding carboxylic acids is 1. The molecule has 1 amide bonds. The van der Waals surface area contributed by atoms with Crippen molar-refractivity contribution in [2.24, 2.45) is 11.8 Å². The lowest BCUT2D eigenvalue weighted by Crippen LogP contribution is -2.35. The van der Waals surface area contributed by atoms with Crippen LogP contribution in [0.5, 0.6) is 0 Å². The van der Waals surface area contributed by atoms with Gasteiger partial charge in [0, 0.05) is 50.1 Å². The number of carbonyl (C=O) groups is 1. The van der Waals surface area contributed by atoms with Crippen LogP contribution in [0.25, 0.3) is 0 Å². The zero-order valence-corrected chi connectivity index (χ0v) is 13.7. The maximum Gasteiger partial charge on any atom is 0.253 e. The molecule has 0 bridgehead atoms. The summed E-state index contributed by atoms with van der Waals surface area (Å²) in [7, 11) is 0. The summed E-state index contributed by atoms with van der Waals surface area (Å²) in [6.07, 6.45) is 8.52. The largest absolute Gasteiger partial charge is 0.396 e. The van der Waals surface area contributed by atoms with Crippen LogP contribution < -0.4 is 0 Å². The molecule has 2 saturated heterocycles. The van der Waals surface area contributed by atoms with Crippen molar-refractivity contribution in [3.63, 3.8) is 0 Å². The highest BCUT2D eigenvalue weighted by atomic mass is 16.3. The fourth-order valence-corrected chi connectivity index (χ4v) is 3.85. The Kier molecular flexibility index (Phi) is 5.62. The van der Waals surface area contributed by atoms with E-state index < -0.39 is 0 Å². The smallest absolute Gasteiger partial charge is 0.253 e. The zero-order valence-electron chi connectivity index (χ0n) is 13.7. The molecule has 2 unspecified atom stereocenters. The van der Waals surface area contributed by atoms with Gasteiger partial charge in [-0.2, -0.15) is 0 Å². The van der Waals surface area contributed by atoms with Crippen molar-refractivity contribution in [3.8, 4) is 0 Å². The quantitative estimate of drug-likeness (QED) is 0.917. The van der Waals surface area contributed by atoms with Gasteiger partial charge in [-0.05, 0) is 44.0 Å². The standard InChI is InChI=1S/C18H27N3O2/c22-14-17-13-21(18(23)15-5-7-19-8-6-15)12-16(17)11-20-9-3-1-2-4-10-20/h5-8,16-17,22H,1-4,9-14H2. The van der Waals surface area contributed by atoms with Gasteiger partial charge in [0.1, 0.15) is 0 Å². The van der Waals surface area contributed by atoms with Crippen molar-refractivity contribution in [3.05, 3.63) is 30.1 Å². The fourth-order valence-electron chi connectivity index (χ4n) is 3.85. The van der Waals surface area contributed by atoms with Gasteiger partial charge in [-0.1, -0.05) is 12.8 Å². The van der Waals surface area contributed by atoms with Crippen LogP contribution in [-0.2, 0) is 0 Å².